The average molecular weight is 643 g/mol. The Labute approximate surface area is 269 Å². The molecule has 1 aromatic carbocycles. The number of aromatic hydroxyl groups is 1. The van der Waals surface area contributed by atoms with E-state index >= 15 is 0 Å². The summed E-state index contributed by atoms with van der Waals surface area (Å²) in [6.45, 7) is 9.45. The molecular weight excluding hydrogens is 596 g/mol. The first-order valence-electron chi connectivity index (χ1n) is 15.5. The maximum atomic E-state index is 14.3. The lowest BCUT2D eigenvalue weighted by molar-refractivity contribution is -0.181. The number of Topliss-reactive ketones (excluding diaryl/α,β-unsaturated/α-hetero) is 4. The highest BCUT2D eigenvalue weighted by Crippen LogP contribution is 2.52. The topological polar surface area (TPSA) is 188 Å². The molecule has 2 saturated carbocycles. The van der Waals surface area contributed by atoms with Gasteiger partial charge in [0, 0.05) is 37.8 Å². The Morgan fingerprint density at radius 1 is 1.09 bits per heavy atom. The third kappa shape index (κ3) is 5.79. The van der Waals surface area contributed by atoms with Crippen molar-refractivity contribution in [3.05, 3.63) is 22.8 Å². The van der Waals surface area contributed by atoms with Gasteiger partial charge in [-0.05, 0) is 63.7 Å². The summed E-state index contributed by atoms with van der Waals surface area (Å²) in [5.41, 5.74) is 3.45. The van der Waals surface area contributed by atoms with Crippen LogP contribution in [0.2, 0.25) is 0 Å². The Morgan fingerprint density at radius 3 is 2.20 bits per heavy atom. The fraction of sp³-hybridized carbons (Fsp3) is 0.636. The van der Waals surface area contributed by atoms with E-state index in [0.29, 0.717) is 11.3 Å². The number of phenolic OH excluding ortho intramolecular Hbond substituents is 1. The molecule has 0 aromatic heterocycles. The summed E-state index contributed by atoms with van der Waals surface area (Å²) in [6, 6.07) is 0.527. The predicted octanol–water partition coefficient (Wildman–Crippen LogP) is 1.33. The van der Waals surface area contributed by atoms with Crippen molar-refractivity contribution in [1.82, 2.24) is 9.80 Å². The van der Waals surface area contributed by atoms with E-state index in [0.717, 1.165) is 0 Å². The van der Waals surface area contributed by atoms with E-state index in [1.54, 1.807) is 53.0 Å². The number of carbonyl (C=O) groups is 6. The van der Waals surface area contributed by atoms with Crippen molar-refractivity contribution in [1.29, 1.82) is 0 Å². The van der Waals surface area contributed by atoms with Gasteiger partial charge in [-0.1, -0.05) is 20.8 Å². The van der Waals surface area contributed by atoms with E-state index in [1.807, 2.05) is 20.8 Å². The van der Waals surface area contributed by atoms with Gasteiger partial charge in [0.2, 0.25) is 5.91 Å². The van der Waals surface area contributed by atoms with Gasteiger partial charge in [0.1, 0.15) is 5.75 Å². The summed E-state index contributed by atoms with van der Waals surface area (Å²) in [6.07, 6.45) is -0.900. The van der Waals surface area contributed by atoms with Crippen molar-refractivity contribution in [2.75, 3.05) is 39.6 Å². The summed E-state index contributed by atoms with van der Waals surface area (Å²) in [5, 5.41) is 23.5. The molecular formula is C33H46N4O9. The molecule has 0 bridgehead atoms. The Hall–Kier alpha value is -3.84. The first-order valence-corrected chi connectivity index (χ1v) is 15.5. The van der Waals surface area contributed by atoms with Gasteiger partial charge in [0.05, 0.1) is 30.2 Å². The van der Waals surface area contributed by atoms with Gasteiger partial charge < -0.3 is 30.5 Å². The number of benzene rings is 1. The summed E-state index contributed by atoms with van der Waals surface area (Å²) in [5.74, 6) is -11.2. The first kappa shape index (κ1) is 35.0. The summed E-state index contributed by atoms with van der Waals surface area (Å²) >= 11 is 0. The minimum Gasteiger partial charge on any atom is -0.507 e. The molecule has 3 aliphatic carbocycles. The number of rotatable bonds is 7. The van der Waals surface area contributed by atoms with Crippen LogP contribution in [0.3, 0.4) is 0 Å². The molecule has 1 aromatic rings. The van der Waals surface area contributed by atoms with Crippen LogP contribution in [0.4, 0.5) is 10.5 Å². The zero-order valence-electron chi connectivity index (χ0n) is 28.0. The molecule has 46 heavy (non-hydrogen) atoms. The molecule has 2 amide bonds. The SMILES string of the molecule is CC(C)OC(=O)N(Cc1cc(N(C)C)c2c(c1O)C(=O)C1C(=O)[C@]3(O)C(=O)C(C(N)=O)C(=O)[C@@H](N(C)C)[C@@H]3C[C@@H]1C2)CC(C)(C)C. The lowest BCUT2D eigenvalue weighted by atomic mass is 9.52. The summed E-state index contributed by atoms with van der Waals surface area (Å²) < 4.78 is 5.46. The molecule has 2 fully saturated rings. The zero-order valence-corrected chi connectivity index (χ0v) is 28.0. The molecule has 13 heteroatoms. The number of phenols is 1. The Balaban J connectivity index is 1.85. The fourth-order valence-corrected chi connectivity index (χ4v) is 7.47. The molecule has 2 unspecified atom stereocenters. The van der Waals surface area contributed by atoms with Crippen molar-refractivity contribution >= 4 is 40.8 Å². The average Bonchev–Trinajstić information content (AvgIpc) is 2.90. The second-order valence-corrected chi connectivity index (χ2v) is 14.8. The molecule has 4 rings (SSSR count). The molecule has 0 aliphatic heterocycles. The number of ketones is 4. The molecule has 4 N–H and O–H groups in total. The fourth-order valence-electron chi connectivity index (χ4n) is 7.47. The van der Waals surface area contributed by atoms with Crippen LogP contribution in [0.15, 0.2) is 6.07 Å². The Kier molecular flexibility index (Phi) is 9.19. The van der Waals surface area contributed by atoms with Gasteiger partial charge in [-0.15, -0.1) is 0 Å². The summed E-state index contributed by atoms with van der Waals surface area (Å²) in [4.78, 5) is 85.4. The second kappa shape index (κ2) is 12.1. The number of aliphatic hydroxyl groups is 1. The van der Waals surface area contributed by atoms with Crippen LogP contribution >= 0.6 is 0 Å². The molecule has 0 saturated heterocycles. The van der Waals surface area contributed by atoms with E-state index in [9.17, 15) is 39.0 Å². The minimum absolute atomic E-state index is 0.0420. The van der Waals surface area contributed by atoms with E-state index in [1.165, 1.54) is 9.80 Å². The largest absolute Gasteiger partial charge is 0.507 e. The zero-order chi connectivity index (χ0) is 34.8. The van der Waals surface area contributed by atoms with Crippen LogP contribution in [0.1, 0.15) is 62.5 Å². The van der Waals surface area contributed by atoms with Gasteiger partial charge in [-0.25, -0.2) is 4.79 Å². The van der Waals surface area contributed by atoms with Gasteiger partial charge in [-0.3, -0.25) is 28.9 Å². The van der Waals surface area contributed by atoms with Crippen molar-refractivity contribution in [2.45, 2.75) is 71.8 Å². The number of ether oxygens (including phenoxy) is 1. The Bertz CT molecular complexity index is 1490. The van der Waals surface area contributed by atoms with Crippen LogP contribution in [-0.2, 0) is 36.9 Å². The van der Waals surface area contributed by atoms with Crippen LogP contribution in [0, 0.1) is 29.1 Å². The first-order chi connectivity index (χ1) is 21.1. The highest BCUT2D eigenvalue weighted by Gasteiger charge is 2.69. The minimum atomic E-state index is -2.81. The third-order valence-electron chi connectivity index (χ3n) is 9.22. The van der Waals surface area contributed by atoms with Crippen molar-refractivity contribution in [3.63, 3.8) is 0 Å². The highest BCUT2D eigenvalue weighted by molar-refractivity contribution is 6.32. The number of hydrogen-bond acceptors (Lipinski definition) is 11. The highest BCUT2D eigenvalue weighted by atomic mass is 16.6. The standard InChI is InChI=1S/C33H46N4O9/c1-15(2)46-31(44)37(14-32(3,4)5)13-17-12-20(35(6)7)18-10-16-11-19-24(36(8)9)27(40)23(30(34)43)29(42)33(19,45)28(41)21(16)26(39)22(18)25(17)38/h12,15-16,19,21,23-24,38,45H,10-11,13-14H2,1-9H3,(H2,34,43)/t16-,19-,21?,23?,24-,33-/m0/s1. The molecule has 3 aliphatic rings. The number of nitrogens with two attached hydrogens (primary N) is 1. The van der Waals surface area contributed by atoms with Gasteiger partial charge in [0.15, 0.2) is 34.7 Å². The van der Waals surface area contributed by atoms with E-state index < -0.39 is 82.3 Å². The molecule has 0 radical (unpaired) electrons. The van der Waals surface area contributed by atoms with Crippen molar-refractivity contribution < 1.29 is 43.7 Å². The Morgan fingerprint density at radius 2 is 1.70 bits per heavy atom. The van der Waals surface area contributed by atoms with Gasteiger partial charge >= 0.3 is 6.09 Å². The van der Waals surface area contributed by atoms with Crippen LogP contribution in [0.25, 0.3) is 0 Å². The number of primary amides is 1. The van der Waals surface area contributed by atoms with Gasteiger partial charge in [0.25, 0.3) is 0 Å². The maximum absolute atomic E-state index is 14.3. The van der Waals surface area contributed by atoms with Gasteiger partial charge in [-0.2, -0.15) is 0 Å². The molecule has 6 atom stereocenters. The lowest BCUT2D eigenvalue weighted by Gasteiger charge is -2.52. The van der Waals surface area contributed by atoms with Crippen molar-refractivity contribution in [2.24, 2.45) is 34.8 Å². The molecule has 0 spiro atoms. The number of hydrogen-bond donors (Lipinski definition) is 3. The number of anilines is 1. The maximum Gasteiger partial charge on any atom is 0.410 e. The second-order valence-electron chi connectivity index (χ2n) is 14.8. The quantitative estimate of drug-likeness (QED) is 0.364. The van der Waals surface area contributed by atoms with E-state index in [2.05, 4.69) is 0 Å². The normalized spacial score (nSPS) is 27.7. The molecule has 252 valence electrons. The van der Waals surface area contributed by atoms with Crippen LogP contribution < -0.4 is 10.6 Å². The number of carbonyl (C=O) groups excluding carboxylic acids is 6. The number of likely N-dealkylation sites (N-methyl/N-ethyl adjacent to an activating group) is 1. The summed E-state index contributed by atoms with van der Waals surface area (Å²) in [7, 11) is 6.61. The molecule has 0 heterocycles. The van der Waals surface area contributed by atoms with E-state index in [4.69, 9.17) is 10.5 Å². The smallest absolute Gasteiger partial charge is 0.410 e. The predicted molar refractivity (Wildman–Crippen MR) is 167 cm³/mol. The van der Waals surface area contributed by atoms with Crippen LogP contribution in [0.5, 0.6) is 5.75 Å². The number of nitrogens with zero attached hydrogens (tertiary/aromatic N) is 3. The van der Waals surface area contributed by atoms with Crippen molar-refractivity contribution in [3.8, 4) is 5.75 Å². The van der Waals surface area contributed by atoms with E-state index in [-0.39, 0.29) is 42.5 Å². The number of amides is 2. The monoisotopic (exact) mass is 642 g/mol. The molecule has 13 nitrogen and oxygen atoms in total. The van der Waals surface area contributed by atoms with Crippen LogP contribution in [-0.4, -0.2) is 108 Å². The lowest BCUT2D eigenvalue weighted by Crippen LogP contribution is -2.74. The number of fused-ring (bicyclic) bond motifs is 3. The third-order valence-corrected chi connectivity index (χ3v) is 9.22.